The van der Waals surface area contributed by atoms with Crippen molar-refractivity contribution in [2.45, 2.75) is 30.7 Å². The number of phenolic OH excluding ortho intramolecular Hbond substituents is 1. The number of aliphatic hydroxyl groups is 4. The van der Waals surface area contributed by atoms with Gasteiger partial charge in [-0.15, -0.1) is 0 Å². The number of hydrogen-bond donors (Lipinski definition) is 5. The van der Waals surface area contributed by atoms with E-state index >= 15 is 0 Å². The molecular formula is C13H18O7. The molecular weight excluding hydrogens is 268 g/mol. The second kappa shape index (κ2) is 6.49. The Balaban J connectivity index is 2.13. The molecule has 1 heterocycles. The number of hydrogen-bond acceptors (Lipinski definition) is 7. The Morgan fingerprint density at radius 3 is 1.70 bits per heavy atom. The first-order chi connectivity index (χ1) is 9.49. The lowest BCUT2D eigenvalue weighted by atomic mass is 10.0. The van der Waals surface area contributed by atoms with Gasteiger partial charge in [-0.05, 0) is 12.1 Å². The molecule has 1 fully saturated rings. The van der Waals surface area contributed by atoms with Crippen LogP contribution in [0.15, 0.2) is 24.3 Å². The molecule has 1 saturated heterocycles. The fraction of sp³-hybridized carbons (Fsp3) is 0.538. The molecule has 7 nitrogen and oxygen atoms in total. The maximum absolute atomic E-state index is 9.66. The van der Waals surface area contributed by atoms with Gasteiger partial charge in [0.15, 0.2) is 6.29 Å². The summed E-state index contributed by atoms with van der Waals surface area (Å²) < 4.78 is 10.7. The van der Waals surface area contributed by atoms with Gasteiger partial charge >= 0.3 is 0 Å². The largest absolute Gasteiger partial charge is 0.508 e. The van der Waals surface area contributed by atoms with Crippen LogP contribution in [0, 0.1) is 0 Å². The third kappa shape index (κ3) is 3.45. The van der Waals surface area contributed by atoms with Crippen LogP contribution >= 0.6 is 0 Å². The minimum atomic E-state index is -1.52. The summed E-state index contributed by atoms with van der Waals surface area (Å²) in [7, 11) is 0. The highest BCUT2D eigenvalue weighted by molar-refractivity contribution is 5.26. The fourth-order valence-electron chi connectivity index (χ4n) is 1.90. The van der Waals surface area contributed by atoms with Crippen molar-refractivity contribution >= 4 is 0 Å². The Hall–Kier alpha value is -1.22. The summed E-state index contributed by atoms with van der Waals surface area (Å²) in [5.74, 6) is 0.0859. The van der Waals surface area contributed by atoms with Crippen LogP contribution < -0.4 is 0 Å². The van der Waals surface area contributed by atoms with E-state index in [1.807, 2.05) is 0 Å². The highest BCUT2D eigenvalue weighted by atomic mass is 16.7. The maximum Gasteiger partial charge on any atom is 0.184 e. The maximum atomic E-state index is 9.66. The van der Waals surface area contributed by atoms with Crippen LogP contribution in [0.4, 0.5) is 0 Å². The normalized spacial score (nSPS) is 35.9. The number of aliphatic hydroxyl groups excluding tert-OH is 4. The number of rotatable bonds is 1. The monoisotopic (exact) mass is 286 g/mol. The molecule has 5 atom stereocenters. The van der Waals surface area contributed by atoms with Crippen LogP contribution in [0.2, 0.25) is 0 Å². The molecule has 7 heteroatoms. The lowest BCUT2D eigenvalue weighted by molar-refractivity contribution is -0.170. The molecule has 1 aromatic carbocycles. The highest BCUT2D eigenvalue weighted by Crippen LogP contribution is 2.24. The highest BCUT2D eigenvalue weighted by Gasteiger charge is 2.33. The predicted molar refractivity (Wildman–Crippen MR) is 66.8 cm³/mol. The van der Waals surface area contributed by atoms with E-state index < -0.39 is 30.7 Å². The van der Waals surface area contributed by atoms with Crippen molar-refractivity contribution in [1.29, 1.82) is 0 Å². The summed E-state index contributed by atoms with van der Waals surface area (Å²) in [6, 6.07) is 6.05. The number of benzene rings is 1. The molecule has 0 saturated carbocycles. The fourth-order valence-corrected chi connectivity index (χ4v) is 1.90. The molecule has 2 rings (SSSR count). The van der Waals surface area contributed by atoms with Gasteiger partial charge in [0.1, 0.15) is 30.2 Å². The third-order valence-corrected chi connectivity index (χ3v) is 3.14. The molecule has 0 spiro atoms. The minimum absolute atomic E-state index is 0.0859. The Bertz CT molecular complexity index is 403. The number of phenols is 1. The Labute approximate surface area is 115 Å². The van der Waals surface area contributed by atoms with Crippen molar-refractivity contribution in [2.75, 3.05) is 13.2 Å². The van der Waals surface area contributed by atoms with Crippen LogP contribution in [-0.4, -0.2) is 63.2 Å². The third-order valence-electron chi connectivity index (χ3n) is 3.14. The molecule has 0 amide bonds. The van der Waals surface area contributed by atoms with Gasteiger partial charge in [0.05, 0.1) is 13.2 Å². The smallest absolute Gasteiger partial charge is 0.184 e. The van der Waals surface area contributed by atoms with Crippen LogP contribution in [0.5, 0.6) is 5.75 Å². The second-order valence-corrected chi connectivity index (χ2v) is 4.71. The standard InChI is InChI=1S/C13H18O7/c14-8-3-1-7(2-4-8)13-19-5-9(15)11(17)12(18)10(16)6-20-13/h1-4,9-18H,5-6H2/t9-,10+,11-,12-,13?/m1/s1. The molecule has 1 unspecified atom stereocenters. The van der Waals surface area contributed by atoms with E-state index in [2.05, 4.69) is 0 Å². The van der Waals surface area contributed by atoms with Gasteiger partial charge in [0, 0.05) is 5.56 Å². The summed E-state index contributed by atoms with van der Waals surface area (Å²) in [6.07, 6.45) is -6.61. The lowest BCUT2D eigenvalue weighted by Crippen LogP contribution is -2.46. The molecule has 0 radical (unpaired) electrons. The summed E-state index contributed by atoms with van der Waals surface area (Å²) >= 11 is 0. The first kappa shape index (κ1) is 15.2. The molecule has 0 aromatic heterocycles. The Morgan fingerprint density at radius 1 is 0.800 bits per heavy atom. The van der Waals surface area contributed by atoms with Crippen LogP contribution in [0.1, 0.15) is 11.9 Å². The molecule has 5 N–H and O–H groups in total. The first-order valence-electron chi connectivity index (χ1n) is 6.23. The van der Waals surface area contributed by atoms with E-state index in [4.69, 9.17) is 9.47 Å². The molecule has 1 aromatic rings. The van der Waals surface area contributed by atoms with E-state index in [9.17, 15) is 25.5 Å². The van der Waals surface area contributed by atoms with Crippen molar-refractivity contribution in [3.63, 3.8) is 0 Å². The van der Waals surface area contributed by atoms with E-state index in [1.54, 1.807) is 12.1 Å². The number of ether oxygens (including phenoxy) is 2. The average Bonchev–Trinajstić information content (AvgIpc) is 2.49. The van der Waals surface area contributed by atoms with E-state index in [1.165, 1.54) is 12.1 Å². The zero-order chi connectivity index (χ0) is 14.7. The van der Waals surface area contributed by atoms with E-state index in [-0.39, 0.29) is 19.0 Å². The molecule has 112 valence electrons. The van der Waals surface area contributed by atoms with Crippen LogP contribution in [0.25, 0.3) is 0 Å². The van der Waals surface area contributed by atoms with Gasteiger partial charge < -0.3 is 35.0 Å². The summed E-state index contributed by atoms with van der Waals surface area (Å²) in [6.45, 7) is -0.535. The van der Waals surface area contributed by atoms with Gasteiger partial charge in [-0.2, -0.15) is 0 Å². The SMILES string of the molecule is Oc1ccc(C2OC[C@@H](O)[C@@H](O)[C@H](O)[C@@H](O)CO2)cc1. The van der Waals surface area contributed by atoms with Gasteiger partial charge in [0.2, 0.25) is 0 Å². The van der Waals surface area contributed by atoms with Crippen LogP contribution in [-0.2, 0) is 9.47 Å². The van der Waals surface area contributed by atoms with Crippen LogP contribution in [0.3, 0.4) is 0 Å². The summed E-state index contributed by atoms with van der Waals surface area (Å²) in [5, 5.41) is 47.8. The van der Waals surface area contributed by atoms with Crippen molar-refractivity contribution in [3.05, 3.63) is 29.8 Å². The zero-order valence-electron chi connectivity index (χ0n) is 10.7. The zero-order valence-corrected chi connectivity index (χ0v) is 10.7. The topological polar surface area (TPSA) is 120 Å². The second-order valence-electron chi connectivity index (χ2n) is 4.71. The van der Waals surface area contributed by atoms with Crippen molar-refractivity contribution in [2.24, 2.45) is 0 Å². The molecule has 0 aliphatic carbocycles. The van der Waals surface area contributed by atoms with Gasteiger partial charge in [0.25, 0.3) is 0 Å². The van der Waals surface area contributed by atoms with E-state index in [0.29, 0.717) is 5.56 Å². The minimum Gasteiger partial charge on any atom is -0.508 e. The van der Waals surface area contributed by atoms with E-state index in [0.717, 1.165) is 0 Å². The van der Waals surface area contributed by atoms with Crippen molar-refractivity contribution < 1.29 is 35.0 Å². The van der Waals surface area contributed by atoms with Gasteiger partial charge in [-0.3, -0.25) is 0 Å². The Morgan fingerprint density at radius 2 is 1.25 bits per heavy atom. The lowest BCUT2D eigenvalue weighted by Gasteiger charge is -2.23. The van der Waals surface area contributed by atoms with Gasteiger partial charge in [-0.1, -0.05) is 12.1 Å². The molecule has 0 bridgehead atoms. The molecule has 1 aliphatic rings. The Kier molecular flexibility index (Phi) is 4.92. The molecule has 1 aliphatic heterocycles. The van der Waals surface area contributed by atoms with Gasteiger partial charge in [-0.25, -0.2) is 0 Å². The van der Waals surface area contributed by atoms with Crippen molar-refractivity contribution in [1.82, 2.24) is 0 Å². The van der Waals surface area contributed by atoms with Crippen molar-refractivity contribution in [3.8, 4) is 5.75 Å². The summed E-state index contributed by atoms with van der Waals surface area (Å²) in [5.41, 5.74) is 0.577. The quantitative estimate of drug-likeness (QED) is 0.443. The average molecular weight is 286 g/mol. The predicted octanol–water partition coefficient (Wildman–Crippen LogP) is -1.12. The number of aromatic hydroxyl groups is 1. The summed E-state index contributed by atoms with van der Waals surface area (Å²) in [4.78, 5) is 0. The molecule has 20 heavy (non-hydrogen) atoms. The first-order valence-corrected chi connectivity index (χ1v) is 6.23.